The minimum atomic E-state index is 0. The minimum absolute atomic E-state index is 0. The van der Waals surface area contributed by atoms with Crippen LogP contribution >= 0.6 is 12.4 Å². The van der Waals surface area contributed by atoms with Crippen molar-refractivity contribution in [2.75, 3.05) is 19.6 Å². The van der Waals surface area contributed by atoms with Gasteiger partial charge < -0.3 is 5.32 Å². The number of hydrogen-bond acceptors (Lipinski definition) is 3. The van der Waals surface area contributed by atoms with Crippen LogP contribution in [-0.4, -0.2) is 40.4 Å². The first-order chi connectivity index (χ1) is 8.61. The Kier molecular flexibility index (Phi) is 6.30. The molecule has 0 amide bonds. The predicted molar refractivity (Wildman–Crippen MR) is 82.0 cm³/mol. The van der Waals surface area contributed by atoms with Crippen molar-refractivity contribution in [3.05, 3.63) is 17.0 Å². The normalized spacial score (nSPS) is 20.3. The van der Waals surface area contributed by atoms with E-state index in [0.717, 1.165) is 39.1 Å². The summed E-state index contributed by atoms with van der Waals surface area (Å²) in [6, 6.07) is 0.602. The summed E-state index contributed by atoms with van der Waals surface area (Å²) in [7, 11) is 0. The minimum Gasteiger partial charge on any atom is -0.312 e. The highest BCUT2D eigenvalue weighted by Crippen LogP contribution is 2.16. The number of aromatic nitrogens is 2. The fraction of sp³-hybridized carbons (Fsp3) is 0.786. The van der Waals surface area contributed by atoms with E-state index < -0.39 is 0 Å². The first-order valence-electron chi connectivity index (χ1n) is 7.10. The monoisotopic (exact) mass is 286 g/mol. The van der Waals surface area contributed by atoms with E-state index >= 15 is 0 Å². The third-order valence-electron chi connectivity index (χ3n) is 3.80. The average molecular weight is 287 g/mol. The molecule has 0 radical (unpaired) electrons. The number of piperazine rings is 1. The Hall–Kier alpha value is -0.580. The summed E-state index contributed by atoms with van der Waals surface area (Å²) < 4.78 is 2.16. The van der Waals surface area contributed by atoms with Gasteiger partial charge in [-0.3, -0.25) is 9.58 Å². The Morgan fingerprint density at radius 3 is 2.74 bits per heavy atom. The fourth-order valence-corrected chi connectivity index (χ4v) is 2.77. The van der Waals surface area contributed by atoms with Gasteiger partial charge in [0.1, 0.15) is 0 Å². The van der Waals surface area contributed by atoms with Crippen molar-refractivity contribution >= 4 is 12.4 Å². The second kappa shape index (κ2) is 7.27. The zero-order chi connectivity index (χ0) is 13.1. The first-order valence-corrected chi connectivity index (χ1v) is 7.10. The third kappa shape index (κ3) is 3.94. The van der Waals surface area contributed by atoms with Crippen LogP contribution < -0.4 is 5.32 Å². The summed E-state index contributed by atoms with van der Waals surface area (Å²) in [6.07, 6.45) is 1.14. The SMILES string of the molecule is CCCn1nc(C)c(CN2CCN[C@H](C)C2)c1C.Cl. The molecule has 2 rings (SSSR count). The molecular formula is C14H27ClN4. The lowest BCUT2D eigenvalue weighted by Crippen LogP contribution is -2.48. The summed E-state index contributed by atoms with van der Waals surface area (Å²) in [5, 5.41) is 8.15. The average Bonchev–Trinajstić information content (AvgIpc) is 2.58. The molecule has 19 heavy (non-hydrogen) atoms. The van der Waals surface area contributed by atoms with E-state index in [0.29, 0.717) is 6.04 Å². The van der Waals surface area contributed by atoms with Gasteiger partial charge in [0.05, 0.1) is 5.69 Å². The van der Waals surface area contributed by atoms with Crippen LogP contribution in [0.3, 0.4) is 0 Å². The van der Waals surface area contributed by atoms with Crippen molar-refractivity contribution in [2.24, 2.45) is 0 Å². The molecule has 0 bridgehead atoms. The van der Waals surface area contributed by atoms with Crippen LogP contribution in [0.4, 0.5) is 0 Å². The molecule has 1 fully saturated rings. The van der Waals surface area contributed by atoms with E-state index in [1.165, 1.54) is 17.0 Å². The van der Waals surface area contributed by atoms with Crippen LogP contribution in [0.25, 0.3) is 0 Å². The maximum atomic E-state index is 4.66. The molecular weight excluding hydrogens is 260 g/mol. The van der Waals surface area contributed by atoms with Gasteiger partial charge in [-0.15, -0.1) is 12.4 Å². The van der Waals surface area contributed by atoms with Crippen molar-refractivity contribution in [1.82, 2.24) is 20.0 Å². The zero-order valence-corrected chi connectivity index (χ0v) is 13.4. The Morgan fingerprint density at radius 1 is 1.37 bits per heavy atom. The molecule has 1 N–H and O–H groups in total. The molecule has 0 aromatic carbocycles. The highest BCUT2D eigenvalue weighted by Gasteiger charge is 2.19. The molecule has 1 aliphatic heterocycles. The molecule has 1 aliphatic rings. The molecule has 1 atom stereocenters. The van der Waals surface area contributed by atoms with Gasteiger partial charge in [-0.1, -0.05) is 6.92 Å². The molecule has 0 spiro atoms. The summed E-state index contributed by atoms with van der Waals surface area (Å²) >= 11 is 0. The van der Waals surface area contributed by atoms with Gasteiger partial charge in [-0.2, -0.15) is 5.10 Å². The van der Waals surface area contributed by atoms with E-state index in [4.69, 9.17) is 0 Å². The summed E-state index contributed by atoms with van der Waals surface area (Å²) in [4.78, 5) is 2.54. The van der Waals surface area contributed by atoms with Crippen molar-refractivity contribution < 1.29 is 0 Å². The summed E-state index contributed by atoms with van der Waals surface area (Å²) in [6.45, 7) is 14.3. The van der Waals surface area contributed by atoms with Gasteiger partial charge >= 0.3 is 0 Å². The van der Waals surface area contributed by atoms with Crippen LogP contribution in [0.5, 0.6) is 0 Å². The quantitative estimate of drug-likeness (QED) is 0.920. The lowest BCUT2D eigenvalue weighted by Gasteiger charge is -2.31. The van der Waals surface area contributed by atoms with Gasteiger partial charge in [0.25, 0.3) is 0 Å². The number of hydrogen-bond donors (Lipinski definition) is 1. The van der Waals surface area contributed by atoms with Crippen molar-refractivity contribution in [3.8, 4) is 0 Å². The van der Waals surface area contributed by atoms with Crippen molar-refractivity contribution in [1.29, 1.82) is 0 Å². The summed E-state index contributed by atoms with van der Waals surface area (Å²) in [5.41, 5.74) is 3.98. The van der Waals surface area contributed by atoms with Crippen LogP contribution in [0.1, 0.15) is 37.2 Å². The molecule has 110 valence electrons. The maximum absolute atomic E-state index is 4.66. The number of rotatable bonds is 4. The molecule has 0 saturated carbocycles. The molecule has 1 aromatic rings. The molecule has 1 aromatic heterocycles. The van der Waals surface area contributed by atoms with E-state index in [1.807, 2.05) is 0 Å². The number of nitrogens with one attached hydrogen (secondary N) is 1. The largest absolute Gasteiger partial charge is 0.312 e. The van der Waals surface area contributed by atoms with Crippen LogP contribution in [0.2, 0.25) is 0 Å². The van der Waals surface area contributed by atoms with E-state index in [-0.39, 0.29) is 12.4 Å². The van der Waals surface area contributed by atoms with Crippen LogP contribution in [-0.2, 0) is 13.1 Å². The topological polar surface area (TPSA) is 33.1 Å². The number of halogens is 1. The van der Waals surface area contributed by atoms with Crippen LogP contribution in [0, 0.1) is 13.8 Å². The van der Waals surface area contributed by atoms with Crippen molar-refractivity contribution in [2.45, 2.75) is 53.2 Å². The van der Waals surface area contributed by atoms with Gasteiger partial charge in [-0.25, -0.2) is 0 Å². The van der Waals surface area contributed by atoms with E-state index in [9.17, 15) is 0 Å². The van der Waals surface area contributed by atoms with Crippen LogP contribution in [0.15, 0.2) is 0 Å². The molecule has 5 heteroatoms. The Morgan fingerprint density at radius 2 is 2.11 bits per heavy atom. The van der Waals surface area contributed by atoms with Gasteiger partial charge in [0, 0.05) is 50.0 Å². The fourth-order valence-electron chi connectivity index (χ4n) is 2.77. The maximum Gasteiger partial charge on any atom is 0.0641 e. The number of aryl methyl sites for hydroxylation is 2. The first kappa shape index (κ1) is 16.5. The van der Waals surface area contributed by atoms with E-state index in [1.54, 1.807) is 0 Å². The third-order valence-corrected chi connectivity index (χ3v) is 3.80. The van der Waals surface area contributed by atoms with Gasteiger partial charge in [0.2, 0.25) is 0 Å². The van der Waals surface area contributed by atoms with Gasteiger partial charge in [0.15, 0.2) is 0 Å². The molecule has 0 unspecified atom stereocenters. The zero-order valence-electron chi connectivity index (χ0n) is 12.6. The van der Waals surface area contributed by atoms with Gasteiger partial charge in [-0.05, 0) is 27.2 Å². The van der Waals surface area contributed by atoms with Crippen molar-refractivity contribution in [3.63, 3.8) is 0 Å². The second-order valence-corrected chi connectivity index (χ2v) is 5.46. The highest BCUT2D eigenvalue weighted by atomic mass is 35.5. The highest BCUT2D eigenvalue weighted by molar-refractivity contribution is 5.85. The molecule has 1 saturated heterocycles. The Balaban J connectivity index is 0.00000180. The molecule has 0 aliphatic carbocycles. The predicted octanol–water partition coefficient (Wildman–Crippen LogP) is 2.13. The Labute approximate surface area is 123 Å². The van der Waals surface area contributed by atoms with E-state index in [2.05, 4.69) is 47.7 Å². The second-order valence-electron chi connectivity index (χ2n) is 5.46. The molecule has 2 heterocycles. The molecule has 4 nitrogen and oxygen atoms in total. The smallest absolute Gasteiger partial charge is 0.0641 e. The summed E-state index contributed by atoms with van der Waals surface area (Å²) in [5.74, 6) is 0. The standard InChI is InChI=1S/C14H26N4.ClH/c1-5-7-18-13(4)14(12(3)16-18)10-17-8-6-15-11(2)9-17;/h11,15H,5-10H2,1-4H3;1H/t11-;/m1./s1. The lowest BCUT2D eigenvalue weighted by molar-refractivity contribution is 0.199. The number of nitrogens with zero attached hydrogens (tertiary/aromatic N) is 3. The Bertz CT molecular complexity index is 402. The lowest BCUT2D eigenvalue weighted by atomic mass is 10.1.